The van der Waals surface area contributed by atoms with Crippen molar-refractivity contribution in [3.63, 3.8) is 0 Å². The second-order valence-corrected chi connectivity index (χ2v) is 10.8. The summed E-state index contributed by atoms with van der Waals surface area (Å²) in [5.74, 6) is -1.52. The summed E-state index contributed by atoms with van der Waals surface area (Å²) in [5, 5.41) is 17.4. The van der Waals surface area contributed by atoms with Gasteiger partial charge in [0.1, 0.15) is 17.2 Å². The van der Waals surface area contributed by atoms with Crippen molar-refractivity contribution in [2.24, 2.45) is 0 Å². The minimum absolute atomic E-state index is 0.0289. The molecule has 4 N–H and O–H groups in total. The number of hydrogen-bond acceptors (Lipinski definition) is 7. The van der Waals surface area contributed by atoms with Gasteiger partial charge in [-0.15, -0.1) is 11.8 Å². The number of aromatic carboxylic acids is 1. The van der Waals surface area contributed by atoms with E-state index in [1.165, 1.54) is 50.3 Å². The Balaban J connectivity index is 1.45. The number of anilines is 2. The third kappa shape index (κ3) is 9.12. The zero-order valence-corrected chi connectivity index (χ0v) is 25.7. The summed E-state index contributed by atoms with van der Waals surface area (Å²) in [6.07, 6.45) is 1.50. The number of carboxylic acids is 1. The molecule has 230 valence electrons. The van der Waals surface area contributed by atoms with Crippen LogP contribution in [0, 0.1) is 0 Å². The summed E-state index contributed by atoms with van der Waals surface area (Å²) >= 11 is 7.13. The van der Waals surface area contributed by atoms with Crippen LogP contribution in [0.5, 0.6) is 11.5 Å². The molecular weight excluding hydrogens is 618 g/mol. The Labute approximate surface area is 268 Å². The summed E-state index contributed by atoms with van der Waals surface area (Å²) in [7, 11) is 3.02. The number of benzene rings is 4. The molecular formula is C33H28ClN3O7S. The maximum Gasteiger partial charge on any atom is 0.337 e. The number of hydrogen-bond donors (Lipinski definition) is 4. The molecule has 4 aromatic carbocycles. The molecule has 0 aliphatic heterocycles. The van der Waals surface area contributed by atoms with Crippen molar-refractivity contribution in [1.29, 1.82) is 0 Å². The molecule has 45 heavy (non-hydrogen) atoms. The molecule has 0 atom stereocenters. The van der Waals surface area contributed by atoms with Crippen LogP contribution in [0.1, 0.15) is 26.3 Å². The molecule has 0 saturated heterocycles. The predicted molar refractivity (Wildman–Crippen MR) is 174 cm³/mol. The number of carboxylic acid groups (broad SMARTS) is 1. The van der Waals surface area contributed by atoms with Gasteiger partial charge in [0.05, 0.1) is 30.6 Å². The van der Waals surface area contributed by atoms with Crippen LogP contribution < -0.4 is 25.4 Å². The average Bonchev–Trinajstić information content (AvgIpc) is 3.05. The molecule has 0 fully saturated rings. The number of thioether (sulfide) groups is 1. The maximum atomic E-state index is 13.4. The van der Waals surface area contributed by atoms with Crippen molar-refractivity contribution in [3.05, 3.63) is 118 Å². The van der Waals surface area contributed by atoms with Gasteiger partial charge in [-0.2, -0.15) is 0 Å². The van der Waals surface area contributed by atoms with Crippen LogP contribution in [0.15, 0.2) is 102 Å². The monoisotopic (exact) mass is 645 g/mol. The normalized spacial score (nSPS) is 10.9. The van der Waals surface area contributed by atoms with E-state index in [-0.39, 0.29) is 27.9 Å². The zero-order valence-electron chi connectivity index (χ0n) is 24.1. The highest BCUT2D eigenvalue weighted by Crippen LogP contribution is 2.27. The Hall–Kier alpha value is -5.26. The quantitative estimate of drug-likeness (QED) is 0.105. The molecule has 0 aliphatic rings. The van der Waals surface area contributed by atoms with Gasteiger partial charge >= 0.3 is 5.97 Å². The highest BCUT2D eigenvalue weighted by atomic mass is 35.5. The fraction of sp³-hybridized carbons (Fsp3) is 0.0909. The van der Waals surface area contributed by atoms with Gasteiger partial charge in [-0.05, 0) is 78.9 Å². The summed E-state index contributed by atoms with van der Waals surface area (Å²) in [5.41, 5.74) is 1.51. The van der Waals surface area contributed by atoms with Gasteiger partial charge < -0.3 is 30.5 Å². The Morgan fingerprint density at radius 1 is 0.844 bits per heavy atom. The number of carbonyl (C=O) groups excluding carboxylic acids is 3. The first-order valence-electron chi connectivity index (χ1n) is 13.3. The molecule has 3 amide bonds. The average molecular weight is 646 g/mol. The fourth-order valence-corrected chi connectivity index (χ4v) is 4.89. The molecule has 0 heterocycles. The molecule has 0 unspecified atom stereocenters. The lowest BCUT2D eigenvalue weighted by atomic mass is 10.1. The minimum Gasteiger partial charge on any atom is -0.497 e. The smallest absolute Gasteiger partial charge is 0.337 e. The Morgan fingerprint density at radius 3 is 2.22 bits per heavy atom. The van der Waals surface area contributed by atoms with Gasteiger partial charge in [0.15, 0.2) is 0 Å². The van der Waals surface area contributed by atoms with Gasteiger partial charge in [0, 0.05) is 27.4 Å². The van der Waals surface area contributed by atoms with E-state index in [1.54, 1.807) is 72.8 Å². The fourth-order valence-electron chi connectivity index (χ4n) is 4.00. The lowest BCUT2D eigenvalue weighted by molar-refractivity contribution is -0.114. The number of amides is 3. The van der Waals surface area contributed by atoms with Crippen molar-refractivity contribution >= 4 is 64.5 Å². The van der Waals surface area contributed by atoms with E-state index in [0.29, 0.717) is 34.0 Å². The van der Waals surface area contributed by atoms with E-state index in [0.717, 1.165) is 4.90 Å². The van der Waals surface area contributed by atoms with Crippen molar-refractivity contribution in [2.75, 3.05) is 30.6 Å². The molecule has 4 rings (SSSR count). The molecule has 0 bridgehead atoms. The first-order chi connectivity index (χ1) is 21.7. The highest BCUT2D eigenvalue weighted by molar-refractivity contribution is 8.00. The van der Waals surface area contributed by atoms with E-state index in [1.807, 2.05) is 0 Å². The third-order valence-corrected chi connectivity index (χ3v) is 7.57. The van der Waals surface area contributed by atoms with E-state index in [9.17, 15) is 24.3 Å². The maximum absolute atomic E-state index is 13.4. The van der Waals surface area contributed by atoms with Crippen LogP contribution in [0.4, 0.5) is 11.4 Å². The Morgan fingerprint density at radius 2 is 1.56 bits per heavy atom. The van der Waals surface area contributed by atoms with Gasteiger partial charge in [0.25, 0.3) is 11.8 Å². The van der Waals surface area contributed by atoms with Crippen LogP contribution in [-0.2, 0) is 9.59 Å². The molecule has 0 aromatic heterocycles. The van der Waals surface area contributed by atoms with E-state index < -0.39 is 17.8 Å². The number of halogens is 1. The molecule has 0 spiro atoms. The molecule has 12 heteroatoms. The van der Waals surface area contributed by atoms with E-state index in [2.05, 4.69) is 16.0 Å². The summed E-state index contributed by atoms with van der Waals surface area (Å²) < 4.78 is 10.7. The number of nitrogens with one attached hydrogen (secondary N) is 3. The lowest BCUT2D eigenvalue weighted by Gasteiger charge is -2.13. The second-order valence-electron chi connectivity index (χ2n) is 9.30. The van der Waals surface area contributed by atoms with Crippen LogP contribution in [-0.4, -0.2) is 48.8 Å². The predicted octanol–water partition coefficient (Wildman–Crippen LogP) is 6.20. The third-order valence-electron chi connectivity index (χ3n) is 6.23. The van der Waals surface area contributed by atoms with Gasteiger partial charge in [-0.25, -0.2) is 4.79 Å². The van der Waals surface area contributed by atoms with E-state index in [4.69, 9.17) is 21.1 Å². The SMILES string of the molecule is COc1ccc(OC)c(/C=C(\NC(=O)c2ccccc2)C(=O)Nc2ccc(SCC(=O)Nc3ccc(Cl)c(C(=O)O)c3)cc2)c1. The first-order valence-corrected chi connectivity index (χ1v) is 14.7. The summed E-state index contributed by atoms with van der Waals surface area (Å²) in [6, 6.07) is 24.6. The van der Waals surface area contributed by atoms with Gasteiger partial charge in [0.2, 0.25) is 5.91 Å². The lowest BCUT2D eigenvalue weighted by Crippen LogP contribution is -2.30. The van der Waals surface area contributed by atoms with Crippen molar-refractivity contribution in [2.45, 2.75) is 4.90 Å². The van der Waals surface area contributed by atoms with Crippen LogP contribution in [0.25, 0.3) is 6.08 Å². The topological polar surface area (TPSA) is 143 Å². The molecule has 4 aromatic rings. The Kier molecular flexibility index (Phi) is 11.2. The highest BCUT2D eigenvalue weighted by Gasteiger charge is 2.17. The van der Waals surface area contributed by atoms with Crippen molar-refractivity contribution in [1.82, 2.24) is 5.32 Å². The summed E-state index contributed by atoms with van der Waals surface area (Å²) in [4.78, 5) is 50.9. The zero-order chi connectivity index (χ0) is 32.3. The molecule has 0 saturated carbocycles. The summed E-state index contributed by atoms with van der Waals surface area (Å²) in [6.45, 7) is 0. The van der Waals surface area contributed by atoms with Gasteiger partial charge in [-0.3, -0.25) is 14.4 Å². The molecule has 10 nitrogen and oxygen atoms in total. The number of ether oxygens (including phenoxy) is 2. The van der Waals surface area contributed by atoms with Crippen molar-refractivity contribution < 1.29 is 33.8 Å². The minimum atomic E-state index is -1.20. The first kappa shape index (κ1) is 32.6. The van der Waals surface area contributed by atoms with Crippen LogP contribution in [0.3, 0.4) is 0 Å². The standard InChI is InChI=1S/C33H28ClN3O7S/c1-43-24-11-15-29(44-2)21(16-24)17-28(37-31(39)20-6-4-3-5-7-20)32(40)36-22-8-12-25(13-9-22)45-19-30(38)35-23-10-14-27(34)26(18-23)33(41)42/h3-18H,19H2,1-2H3,(H,35,38)(H,36,40)(H,37,39)(H,41,42)/b28-17-. The van der Waals surface area contributed by atoms with E-state index >= 15 is 0 Å². The second kappa shape index (κ2) is 15.5. The Bertz CT molecular complexity index is 1750. The van der Waals surface area contributed by atoms with Crippen LogP contribution in [0.2, 0.25) is 5.02 Å². The molecule has 0 aliphatic carbocycles. The van der Waals surface area contributed by atoms with Gasteiger partial charge in [-0.1, -0.05) is 29.8 Å². The number of methoxy groups -OCH3 is 2. The number of rotatable bonds is 12. The largest absolute Gasteiger partial charge is 0.497 e. The molecule has 0 radical (unpaired) electrons. The van der Waals surface area contributed by atoms with Crippen LogP contribution >= 0.6 is 23.4 Å². The number of carbonyl (C=O) groups is 4. The van der Waals surface area contributed by atoms with Crippen molar-refractivity contribution in [3.8, 4) is 11.5 Å².